The molecule has 1 aliphatic heterocycles. The Kier molecular flexibility index (Phi) is 8.52. The maximum Gasteiger partial charge on any atom is 0.338 e. The van der Waals surface area contributed by atoms with Crippen LogP contribution < -0.4 is 29.1 Å². The Labute approximate surface area is 229 Å². The van der Waals surface area contributed by atoms with Crippen LogP contribution in [0, 0.1) is 11.3 Å². The van der Waals surface area contributed by atoms with Crippen LogP contribution in [-0.2, 0) is 9.53 Å². The second-order valence-corrected chi connectivity index (χ2v) is 9.84. The first-order valence-electron chi connectivity index (χ1n) is 12.4. The predicted molar refractivity (Wildman–Crippen MR) is 147 cm³/mol. The van der Waals surface area contributed by atoms with E-state index in [-0.39, 0.29) is 30.5 Å². The highest BCUT2D eigenvalue weighted by atomic mass is 32.1. The molecule has 2 aromatic carbocycles. The van der Waals surface area contributed by atoms with Crippen molar-refractivity contribution >= 4 is 23.4 Å². The van der Waals surface area contributed by atoms with Crippen LogP contribution in [-0.4, -0.2) is 37.0 Å². The largest absolute Gasteiger partial charge is 0.493 e. The number of hydrogen-bond acceptors (Lipinski definition) is 9. The maximum absolute atomic E-state index is 14.0. The maximum atomic E-state index is 14.0. The number of fused-ring (bicyclic) bond motifs is 1. The van der Waals surface area contributed by atoms with E-state index in [2.05, 4.69) is 4.99 Å². The average molecular weight is 548 g/mol. The molecule has 2 heterocycles. The number of thiazole rings is 1. The predicted octanol–water partition coefficient (Wildman–Crippen LogP) is 3.50. The summed E-state index contributed by atoms with van der Waals surface area (Å²) in [5, 5.41) is 9.03. The highest BCUT2D eigenvalue weighted by molar-refractivity contribution is 7.07. The zero-order valence-electron chi connectivity index (χ0n) is 22.4. The number of aromatic nitrogens is 1. The minimum Gasteiger partial charge on any atom is -0.493 e. The smallest absolute Gasteiger partial charge is 0.338 e. The fraction of sp³-hybridized carbons (Fsp3) is 0.310. The molecule has 0 unspecified atom stereocenters. The number of allylic oxidation sites excluding steroid dienone is 1. The second-order valence-electron chi connectivity index (χ2n) is 8.83. The van der Waals surface area contributed by atoms with E-state index in [9.17, 15) is 9.59 Å². The number of ether oxygens (including phenoxy) is 4. The molecule has 0 aliphatic carbocycles. The third-order valence-electron chi connectivity index (χ3n) is 5.89. The highest BCUT2D eigenvalue weighted by Gasteiger charge is 2.35. The van der Waals surface area contributed by atoms with Crippen molar-refractivity contribution in [2.45, 2.75) is 39.8 Å². The van der Waals surface area contributed by atoms with Gasteiger partial charge < -0.3 is 18.9 Å². The summed E-state index contributed by atoms with van der Waals surface area (Å²) < 4.78 is 24.4. The number of hydrogen-bond donors (Lipinski definition) is 0. The van der Waals surface area contributed by atoms with Crippen LogP contribution in [0.3, 0.4) is 0 Å². The fourth-order valence-electron chi connectivity index (χ4n) is 4.36. The molecule has 0 amide bonds. The van der Waals surface area contributed by atoms with Crippen molar-refractivity contribution in [3.63, 3.8) is 0 Å². The summed E-state index contributed by atoms with van der Waals surface area (Å²) in [5.41, 5.74) is 1.61. The van der Waals surface area contributed by atoms with Crippen molar-refractivity contribution in [1.29, 1.82) is 5.26 Å². The lowest BCUT2D eigenvalue weighted by Crippen LogP contribution is -2.40. The van der Waals surface area contributed by atoms with Gasteiger partial charge in [-0.15, -0.1) is 0 Å². The summed E-state index contributed by atoms with van der Waals surface area (Å²) in [7, 11) is 1.50. The number of nitriles is 1. The molecular weight excluding hydrogens is 518 g/mol. The Morgan fingerprint density at radius 3 is 2.64 bits per heavy atom. The number of rotatable bonds is 9. The first-order valence-corrected chi connectivity index (χ1v) is 13.2. The summed E-state index contributed by atoms with van der Waals surface area (Å²) in [4.78, 5) is 32.3. The number of nitrogens with zero attached hydrogens (tertiary/aromatic N) is 3. The molecule has 0 radical (unpaired) electrons. The molecule has 0 fully saturated rings. The third-order valence-corrected chi connectivity index (χ3v) is 6.87. The van der Waals surface area contributed by atoms with E-state index in [1.165, 1.54) is 23.0 Å². The van der Waals surface area contributed by atoms with Gasteiger partial charge in [-0.1, -0.05) is 41.7 Å². The SMILES string of the molecule is CCOC(=O)C1=C(C)N=c2s/c(=C\c3cccc(OC)c3OCC#N)c(=O)n2[C@H]1c1ccccc1OC(C)C. The molecule has 10 heteroatoms. The van der Waals surface area contributed by atoms with Crippen LogP contribution in [0.15, 0.2) is 63.5 Å². The van der Waals surface area contributed by atoms with E-state index in [1.54, 1.807) is 38.1 Å². The number of carbonyl (C=O) groups is 1. The normalized spacial score (nSPS) is 14.9. The van der Waals surface area contributed by atoms with Crippen LogP contribution in [0.4, 0.5) is 0 Å². The number of benzene rings is 2. The zero-order valence-corrected chi connectivity index (χ0v) is 23.2. The minimum absolute atomic E-state index is 0.127. The van der Waals surface area contributed by atoms with E-state index in [1.807, 2.05) is 44.2 Å². The number of para-hydroxylation sites is 2. The second kappa shape index (κ2) is 12.0. The van der Waals surface area contributed by atoms with Crippen LogP contribution in [0.1, 0.15) is 44.9 Å². The van der Waals surface area contributed by atoms with Crippen LogP contribution in [0.2, 0.25) is 0 Å². The molecule has 1 aromatic heterocycles. The third kappa shape index (κ3) is 5.59. The lowest BCUT2D eigenvalue weighted by atomic mass is 9.95. The molecule has 0 saturated heterocycles. The summed E-state index contributed by atoms with van der Waals surface area (Å²) in [5.74, 6) is 0.800. The molecule has 3 aromatic rings. The van der Waals surface area contributed by atoms with Crippen molar-refractivity contribution in [2.75, 3.05) is 20.3 Å². The quantitative estimate of drug-likeness (QED) is 0.377. The van der Waals surface area contributed by atoms with Crippen LogP contribution in [0.5, 0.6) is 17.2 Å². The van der Waals surface area contributed by atoms with Crippen molar-refractivity contribution in [3.05, 3.63) is 84.5 Å². The Balaban J connectivity index is 1.98. The molecule has 202 valence electrons. The summed E-state index contributed by atoms with van der Waals surface area (Å²) in [6.07, 6.45) is 1.55. The minimum atomic E-state index is -0.808. The Morgan fingerprint density at radius 1 is 1.21 bits per heavy atom. The van der Waals surface area contributed by atoms with Crippen molar-refractivity contribution in [1.82, 2.24) is 4.57 Å². The molecular formula is C29H29N3O6S. The van der Waals surface area contributed by atoms with E-state index in [0.29, 0.717) is 43.4 Å². The van der Waals surface area contributed by atoms with Crippen molar-refractivity contribution in [2.24, 2.45) is 4.99 Å². The number of carbonyl (C=O) groups excluding carboxylic acids is 1. The zero-order chi connectivity index (χ0) is 28.1. The lowest BCUT2D eigenvalue weighted by Gasteiger charge is -2.26. The van der Waals surface area contributed by atoms with Crippen LogP contribution in [0.25, 0.3) is 6.08 Å². The summed E-state index contributed by atoms with van der Waals surface area (Å²) in [6, 6.07) is 13.7. The van der Waals surface area contributed by atoms with Gasteiger partial charge in [0.05, 0.1) is 35.6 Å². The highest BCUT2D eigenvalue weighted by Crippen LogP contribution is 2.36. The van der Waals surface area contributed by atoms with E-state index in [0.717, 1.165) is 0 Å². The molecule has 39 heavy (non-hydrogen) atoms. The van der Waals surface area contributed by atoms with Gasteiger partial charge in [0, 0.05) is 11.1 Å². The molecule has 9 nitrogen and oxygen atoms in total. The molecule has 0 bridgehead atoms. The Bertz CT molecular complexity index is 1640. The van der Waals surface area contributed by atoms with E-state index in [4.69, 9.17) is 24.2 Å². The Morgan fingerprint density at radius 2 is 1.95 bits per heavy atom. The van der Waals surface area contributed by atoms with Gasteiger partial charge in [-0.05, 0) is 45.9 Å². The first-order chi connectivity index (χ1) is 18.8. The van der Waals surface area contributed by atoms with Gasteiger partial charge in [0.25, 0.3) is 5.56 Å². The van der Waals surface area contributed by atoms with Crippen molar-refractivity contribution < 1.29 is 23.7 Å². The molecule has 4 rings (SSSR count). The molecule has 1 atom stereocenters. The first kappa shape index (κ1) is 27.7. The van der Waals surface area contributed by atoms with Gasteiger partial charge in [0.2, 0.25) is 0 Å². The van der Waals surface area contributed by atoms with Gasteiger partial charge in [0.15, 0.2) is 22.9 Å². The molecule has 0 saturated carbocycles. The topological polar surface area (TPSA) is 112 Å². The Hall–Kier alpha value is -4.36. The lowest BCUT2D eigenvalue weighted by molar-refractivity contribution is -0.139. The molecule has 0 N–H and O–H groups in total. The summed E-state index contributed by atoms with van der Waals surface area (Å²) >= 11 is 1.19. The monoisotopic (exact) mass is 547 g/mol. The molecule has 0 spiro atoms. The van der Waals surface area contributed by atoms with E-state index < -0.39 is 12.0 Å². The van der Waals surface area contributed by atoms with Crippen LogP contribution >= 0.6 is 11.3 Å². The van der Waals surface area contributed by atoms with Gasteiger partial charge >= 0.3 is 5.97 Å². The number of methoxy groups -OCH3 is 1. The van der Waals surface area contributed by atoms with Gasteiger partial charge in [0.1, 0.15) is 17.9 Å². The van der Waals surface area contributed by atoms with E-state index >= 15 is 0 Å². The van der Waals surface area contributed by atoms with Gasteiger partial charge in [-0.3, -0.25) is 9.36 Å². The fourth-order valence-corrected chi connectivity index (χ4v) is 5.40. The number of esters is 1. The summed E-state index contributed by atoms with van der Waals surface area (Å²) in [6.45, 7) is 7.28. The van der Waals surface area contributed by atoms with Gasteiger partial charge in [-0.25, -0.2) is 9.79 Å². The van der Waals surface area contributed by atoms with Crippen molar-refractivity contribution in [3.8, 4) is 23.3 Å². The molecule has 1 aliphatic rings. The van der Waals surface area contributed by atoms with Gasteiger partial charge in [-0.2, -0.15) is 5.26 Å². The average Bonchev–Trinajstić information content (AvgIpc) is 3.21. The standard InChI is InChI=1S/C29H29N3O6S/c1-6-36-28(34)24-18(4)31-29-32(25(24)20-11-7-8-12-21(20)38-17(2)3)27(33)23(39-29)16-19-10-9-13-22(35-5)26(19)37-15-14-30/h7-13,16-17,25H,6,15H2,1-5H3/b23-16-/t25-/m0/s1.